The van der Waals surface area contributed by atoms with Crippen LogP contribution in [-0.2, 0) is 12.8 Å². The first-order chi connectivity index (χ1) is 10.2. The highest BCUT2D eigenvalue weighted by Gasteiger charge is 2.24. The molecule has 4 nitrogen and oxygen atoms in total. The maximum atomic E-state index is 12.8. The smallest absolute Gasteiger partial charge is 0.283 e. The number of anilines is 1. The van der Waals surface area contributed by atoms with Gasteiger partial charge in [0.25, 0.3) is 12.3 Å². The number of nitrogens with zero attached hydrogens (tertiary/aromatic N) is 2. The van der Waals surface area contributed by atoms with Gasteiger partial charge in [0, 0.05) is 5.69 Å². The van der Waals surface area contributed by atoms with Gasteiger partial charge in [0.15, 0.2) is 5.69 Å². The van der Waals surface area contributed by atoms with Crippen molar-refractivity contribution in [2.45, 2.75) is 32.1 Å². The van der Waals surface area contributed by atoms with Crippen LogP contribution in [-0.4, -0.2) is 15.5 Å². The first-order valence-electron chi connectivity index (χ1n) is 6.69. The summed E-state index contributed by atoms with van der Waals surface area (Å²) in [6, 6.07) is 5.72. The van der Waals surface area contributed by atoms with Crippen molar-refractivity contribution in [1.82, 2.24) is 9.59 Å². The monoisotopic (exact) mass is 309 g/mol. The van der Waals surface area contributed by atoms with Crippen LogP contribution in [0.2, 0.25) is 0 Å². The Labute approximate surface area is 124 Å². The van der Waals surface area contributed by atoms with Crippen LogP contribution >= 0.6 is 11.5 Å². The van der Waals surface area contributed by atoms with Crippen molar-refractivity contribution in [3.8, 4) is 0 Å². The number of benzene rings is 1. The molecular formula is C14H13F2N3OS. The summed E-state index contributed by atoms with van der Waals surface area (Å²) in [5.74, 6) is -0.570. The average Bonchev–Trinajstić information content (AvgIpc) is 2.97. The molecule has 1 aliphatic rings. The van der Waals surface area contributed by atoms with E-state index in [1.165, 1.54) is 5.56 Å². The number of aromatic nitrogens is 2. The standard InChI is InChI=1S/C14H13F2N3OS/c15-13(16)11-12(21-19-18-11)14(20)17-10-7-3-5-8-4-1-2-6-9(8)10/h3,5,7,13H,1-2,4,6H2,(H,17,20). The zero-order valence-corrected chi connectivity index (χ0v) is 11.9. The van der Waals surface area contributed by atoms with Crippen LogP contribution in [0.15, 0.2) is 18.2 Å². The molecule has 1 heterocycles. The van der Waals surface area contributed by atoms with Crippen molar-refractivity contribution in [3.63, 3.8) is 0 Å². The van der Waals surface area contributed by atoms with Gasteiger partial charge in [-0.15, -0.1) is 5.10 Å². The van der Waals surface area contributed by atoms with Crippen molar-refractivity contribution < 1.29 is 13.6 Å². The lowest BCUT2D eigenvalue weighted by atomic mass is 9.90. The number of halogens is 2. The highest BCUT2D eigenvalue weighted by Crippen LogP contribution is 2.29. The molecule has 1 N–H and O–H groups in total. The third kappa shape index (κ3) is 2.78. The number of aryl methyl sites for hydroxylation is 1. The number of amides is 1. The molecule has 0 saturated heterocycles. The molecule has 3 rings (SSSR count). The van der Waals surface area contributed by atoms with E-state index in [1.807, 2.05) is 12.1 Å². The molecule has 7 heteroatoms. The second-order valence-corrected chi connectivity index (χ2v) is 5.65. The van der Waals surface area contributed by atoms with E-state index in [4.69, 9.17) is 0 Å². The van der Waals surface area contributed by atoms with E-state index in [2.05, 4.69) is 14.9 Å². The molecule has 0 spiro atoms. The summed E-state index contributed by atoms with van der Waals surface area (Å²) >= 11 is 0.689. The van der Waals surface area contributed by atoms with Crippen LogP contribution in [0.5, 0.6) is 0 Å². The summed E-state index contributed by atoms with van der Waals surface area (Å²) in [7, 11) is 0. The average molecular weight is 309 g/mol. The lowest BCUT2D eigenvalue weighted by Gasteiger charge is -2.19. The molecule has 0 saturated carbocycles. The van der Waals surface area contributed by atoms with E-state index in [1.54, 1.807) is 6.07 Å². The normalized spacial score (nSPS) is 14.0. The first kappa shape index (κ1) is 14.1. The number of alkyl halides is 2. The second-order valence-electron chi connectivity index (χ2n) is 4.89. The molecule has 0 bridgehead atoms. The summed E-state index contributed by atoms with van der Waals surface area (Å²) < 4.78 is 29.0. The summed E-state index contributed by atoms with van der Waals surface area (Å²) in [5, 5.41) is 6.05. The van der Waals surface area contributed by atoms with Gasteiger partial charge in [-0.3, -0.25) is 4.79 Å². The number of nitrogens with one attached hydrogen (secondary N) is 1. The largest absolute Gasteiger partial charge is 0.321 e. The first-order valence-corrected chi connectivity index (χ1v) is 7.46. The van der Waals surface area contributed by atoms with Crippen molar-refractivity contribution in [1.29, 1.82) is 0 Å². The maximum Gasteiger partial charge on any atom is 0.283 e. The Kier molecular flexibility index (Phi) is 3.92. The Morgan fingerprint density at radius 3 is 2.90 bits per heavy atom. The van der Waals surface area contributed by atoms with Crippen molar-refractivity contribution in [2.75, 3.05) is 5.32 Å². The van der Waals surface area contributed by atoms with E-state index in [9.17, 15) is 13.6 Å². The molecule has 0 aliphatic heterocycles. The Morgan fingerprint density at radius 1 is 1.29 bits per heavy atom. The molecule has 21 heavy (non-hydrogen) atoms. The highest BCUT2D eigenvalue weighted by atomic mass is 32.1. The molecule has 0 radical (unpaired) electrons. The van der Waals surface area contributed by atoms with E-state index < -0.39 is 18.0 Å². The Balaban J connectivity index is 1.87. The zero-order chi connectivity index (χ0) is 14.8. The Hall–Kier alpha value is -1.89. The predicted octanol–water partition coefficient (Wildman–Crippen LogP) is 3.61. The van der Waals surface area contributed by atoms with Crippen molar-refractivity contribution >= 4 is 23.1 Å². The van der Waals surface area contributed by atoms with Gasteiger partial charge < -0.3 is 5.32 Å². The number of fused-ring (bicyclic) bond motifs is 1. The lowest BCUT2D eigenvalue weighted by Crippen LogP contribution is -2.16. The minimum atomic E-state index is -2.80. The van der Waals surface area contributed by atoms with Gasteiger partial charge in [0.2, 0.25) is 0 Å². The van der Waals surface area contributed by atoms with Crippen LogP contribution in [0, 0.1) is 0 Å². The Bertz CT molecular complexity index is 672. The minimum Gasteiger partial charge on any atom is -0.321 e. The molecule has 0 fully saturated rings. The summed E-state index contributed by atoms with van der Waals surface area (Å²) in [5.41, 5.74) is 2.47. The van der Waals surface area contributed by atoms with Crippen molar-refractivity contribution in [2.24, 2.45) is 0 Å². The SMILES string of the molecule is O=C(Nc1cccc2c1CCCC2)c1snnc1C(F)F. The van der Waals surface area contributed by atoms with Crippen LogP contribution < -0.4 is 5.32 Å². The fourth-order valence-electron chi connectivity index (χ4n) is 2.58. The van der Waals surface area contributed by atoms with Gasteiger partial charge >= 0.3 is 0 Å². The van der Waals surface area contributed by atoms with Crippen LogP contribution in [0.3, 0.4) is 0 Å². The van der Waals surface area contributed by atoms with Gasteiger partial charge in [-0.1, -0.05) is 16.6 Å². The van der Waals surface area contributed by atoms with E-state index in [0.717, 1.165) is 31.2 Å². The van der Waals surface area contributed by atoms with Gasteiger partial charge in [-0.05, 0) is 54.4 Å². The maximum absolute atomic E-state index is 12.8. The molecule has 1 aliphatic carbocycles. The number of rotatable bonds is 3. The van der Waals surface area contributed by atoms with Gasteiger partial charge in [-0.25, -0.2) is 8.78 Å². The predicted molar refractivity (Wildman–Crippen MR) is 75.9 cm³/mol. The number of hydrogen-bond acceptors (Lipinski definition) is 4. The van der Waals surface area contributed by atoms with E-state index >= 15 is 0 Å². The van der Waals surface area contributed by atoms with E-state index in [0.29, 0.717) is 17.2 Å². The van der Waals surface area contributed by atoms with Gasteiger partial charge in [0.1, 0.15) is 4.88 Å². The lowest BCUT2D eigenvalue weighted by molar-refractivity contribution is 0.101. The molecule has 1 aromatic carbocycles. The van der Waals surface area contributed by atoms with E-state index in [-0.39, 0.29) is 4.88 Å². The molecule has 1 amide bonds. The molecule has 0 atom stereocenters. The fourth-order valence-corrected chi connectivity index (χ4v) is 3.14. The second kappa shape index (κ2) is 5.85. The topological polar surface area (TPSA) is 54.9 Å². The number of hydrogen-bond donors (Lipinski definition) is 1. The summed E-state index contributed by atoms with van der Waals surface area (Å²) in [6.45, 7) is 0. The van der Waals surface area contributed by atoms with Crippen LogP contribution in [0.4, 0.5) is 14.5 Å². The highest BCUT2D eigenvalue weighted by molar-refractivity contribution is 7.08. The number of carbonyl (C=O) groups excluding carboxylic acids is 1. The third-order valence-electron chi connectivity index (χ3n) is 3.57. The Morgan fingerprint density at radius 2 is 2.10 bits per heavy atom. The molecule has 1 aromatic heterocycles. The minimum absolute atomic E-state index is 0.126. The molecule has 0 unspecified atom stereocenters. The summed E-state index contributed by atoms with van der Waals surface area (Å²) in [4.78, 5) is 12.0. The fraction of sp³-hybridized carbons (Fsp3) is 0.357. The third-order valence-corrected chi connectivity index (χ3v) is 4.31. The van der Waals surface area contributed by atoms with Crippen molar-refractivity contribution in [3.05, 3.63) is 39.9 Å². The van der Waals surface area contributed by atoms with Crippen LogP contribution in [0.1, 0.15) is 45.8 Å². The molecule has 2 aromatic rings. The van der Waals surface area contributed by atoms with Gasteiger partial charge in [-0.2, -0.15) is 0 Å². The quantitative estimate of drug-likeness (QED) is 0.942. The van der Waals surface area contributed by atoms with Crippen LogP contribution in [0.25, 0.3) is 0 Å². The summed E-state index contributed by atoms with van der Waals surface area (Å²) in [6.07, 6.45) is 1.30. The molecular weight excluding hydrogens is 296 g/mol. The number of carbonyl (C=O) groups is 1. The van der Waals surface area contributed by atoms with Gasteiger partial charge in [0.05, 0.1) is 0 Å². The molecule has 110 valence electrons. The zero-order valence-electron chi connectivity index (χ0n) is 11.1.